The number of carboxylic acids is 1. The van der Waals surface area contributed by atoms with E-state index >= 15 is 0 Å². The first-order chi connectivity index (χ1) is 4.68. The molecular formula is C8H14O2. The Morgan fingerprint density at radius 2 is 2.20 bits per heavy atom. The molecule has 1 rings (SSSR count). The number of aliphatic carboxylic acids is 1. The monoisotopic (exact) mass is 142 g/mol. The van der Waals surface area contributed by atoms with Crippen molar-refractivity contribution in [1.29, 1.82) is 0 Å². The summed E-state index contributed by atoms with van der Waals surface area (Å²) in [6.45, 7) is 2.22. The normalized spacial score (nSPS) is 31.3. The lowest BCUT2D eigenvalue weighted by molar-refractivity contribution is -0.137. The molecule has 1 aliphatic carbocycles. The summed E-state index contributed by atoms with van der Waals surface area (Å²) < 4.78 is 0. The summed E-state index contributed by atoms with van der Waals surface area (Å²) in [5.74, 6) is 0.907. The third kappa shape index (κ3) is 2.01. The number of hydrogen-bond acceptors (Lipinski definition) is 1. The van der Waals surface area contributed by atoms with E-state index in [1.807, 2.05) is 0 Å². The van der Waals surface area contributed by atoms with Crippen LogP contribution in [0.4, 0.5) is 0 Å². The molecule has 2 heteroatoms. The van der Waals surface area contributed by atoms with Crippen LogP contribution in [0.2, 0.25) is 0 Å². The van der Waals surface area contributed by atoms with Gasteiger partial charge < -0.3 is 5.11 Å². The van der Waals surface area contributed by atoms with Crippen LogP contribution >= 0.6 is 0 Å². The lowest BCUT2D eigenvalue weighted by Gasteiger charge is -2.32. The molecule has 1 fully saturated rings. The van der Waals surface area contributed by atoms with Gasteiger partial charge in [0, 0.05) is 6.42 Å². The summed E-state index contributed by atoms with van der Waals surface area (Å²) in [5, 5.41) is 8.35. The maximum atomic E-state index is 10.1. The predicted octanol–water partition coefficient (Wildman–Crippen LogP) is 1.90. The van der Waals surface area contributed by atoms with E-state index in [9.17, 15) is 4.79 Å². The molecule has 0 saturated heterocycles. The topological polar surface area (TPSA) is 37.3 Å². The van der Waals surface area contributed by atoms with Crippen LogP contribution in [-0.4, -0.2) is 11.1 Å². The fraction of sp³-hybridized carbons (Fsp3) is 0.875. The third-order valence-electron chi connectivity index (χ3n) is 2.24. The second-order valence-corrected chi connectivity index (χ2v) is 3.38. The first kappa shape index (κ1) is 7.58. The Morgan fingerprint density at radius 3 is 2.60 bits per heavy atom. The highest BCUT2D eigenvalue weighted by Gasteiger charge is 2.25. The first-order valence-corrected chi connectivity index (χ1v) is 3.90. The van der Waals surface area contributed by atoms with Gasteiger partial charge in [-0.1, -0.05) is 6.92 Å². The average molecular weight is 142 g/mol. The number of hydrogen-bond donors (Lipinski definition) is 1. The fourth-order valence-electron chi connectivity index (χ4n) is 1.63. The average Bonchev–Trinajstić information content (AvgIpc) is 1.77. The molecule has 0 bridgehead atoms. The van der Waals surface area contributed by atoms with E-state index in [2.05, 4.69) is 6.92 Å². The lowest BCUT2D eigenvalue weighted by atomic mass is 9.74. The Balaban J connectivity index is 2.00. The van der Waals surface area contributed by atoms with Crippen molar-refractivity contribution in [2.75, 3.05) is 0 Å². The Kier molecular flexibility index (Phi) is 2.30. The summed E-state index contributed by atoms with van der Waals surface area (Å²) in [5.41, 5.74) is 0. The van der Waals surface area contributed by atoms with Gasteiger partial charge in [0.1, 0.15) is 0 Å². The van der Waals surface area contributed by atoms with Gasteiger partial charge in [-0.2, -0.15) is 0 Å². The Morgan fingerprint density at radius 1 is 1.60 bits per heavy atom. The molecule has 1 N–H and O–H groups in total. The van der Waals surface area contributed by atoms with Crippen molar-refractivity contribution in [3.8, 4) is 0 Å². The van der Waals surface area contributed by atoms with Crippen LogP contribution in [0.5, 0.6) is 0 Å². The molecule has 0 aromatic heterocycles. The minimum Gasteiger partial charge on any atom is -0.481 e. The van der Waals surface area contributed by atoms with Crippen molar-refractivity contribution in [3.05, 3.63) is 0 Å². The molecule has 0 heterocycles. The predicted molar refractivity (Wildman–Crippen MR) is 38.8 cm³/mol. The van der Waals surface area contributed by atoms with Crippen molar-refractivity contribution in [1.82, 2.24) is 0 Å². The van der Waals surface area contributed by atoms with Crippen molar-refractivity contribution in [3.63, 3.8) is 0 Å². The van der Waals surface area contributed by atoms with Crippen LogP contribution in [0.3, 0.4) is 0 Å². The second kappa shape index (κ2) is 3.04. The summed E-state index contributed by atoms with van der Waals surface area (Å²) in [7, 11) is 0. The number of rotatable bonds is 3. The maximum absolute atomic E-state index is 10.1. The summed E-state index contributed by atoms with van der Waals surface area (Å²) in [4.78, 5) is 10.1. The van der Waals surface area contributed by atoms with Gasteiger partial charge in [0.15, 0.2) is 0 Å². The van der Waals surface area contributed by atoms with Gasteiger partial charge in [0.2, 0.25) is 0 Å². The summed E-state index contributed by atoms with van der Waals surface area (Å²) in [6, 6.07) is 0. The fourth-order valence-corrected chi connectivity index (χ4v) is 1.63. The van der Waals surface area contributed by atoms with E-state index in [0.717, 1.165) is 12.3 Å². The van der Waals surface area contributed by atoms with Crippen molar-refractivity contribution in [2.24, 2.45) is 11.8 Å². The van der Waals surface area contributed by atoms with Gasteiger partial charge in [-0.3, -0.25) is 4.79 Å². The first-order valence-electron chi connectivity index (χ1n) is 3.90. The minimum absolute atomic E-state index is 0.359. The molecule has 0 radical (unpaired) electrons. The van der Waals surface area contributed by atoms with E-state index in [0.29, 0.717) is 12.3 Å². The molecule has 1 aliphatic rings. The van der Waals surface area contributed by atoms with Crippen molar-refractivity contribution < 1.29 is 9.90 Å². The molecule has 2 nitrogen and oxygen atoms in total. The maximum Gasteiger partial charge on any atom is 0.303 e. The quantitative estimate of drug-likeness (QED) is 0.653. The molecule has 0 atom stereocenters. The summed E-state index contributed by atoms with van der Waals surface area (Å²) >= 11 is 0. The number of carbonyl (C=O) groups is 1. The van der Waals surface area contributed by atoms with Crippen LogP contribution in [0, 0.1) is 11.8 Å². The molecule has 0 spiro atoms. The minimum atomic E-state index is -0.653. The van der Waals surface area contributed by atoms with Crippen LogP contribution in [0.15, 0.2) is 0 Å². The van der Waals surface area contributed by atoms with E-state index in [1.54, 1.807) is 0 Å². The smallest absolute Gasteiger partial charge is 0.303 e. The zero-order valence-corrected chi connectivity index (χ0v) is 6.34. The van der Waals surface area contributed by atoms with Gasteiger partial charge in [-0.05, 0) is 31.1 Å². The van der Waals surface area contributed by atoms with Crippen molar-refractivity contribution >= 4 is 5.97 Å². The molecule has 1 saturated carbocycles. The van der Waals surface area contributed by atoms with Crippen LogP contribution in [-0.2, 0) is 4.79 Å². The van der Waals surface area contributed by atoms with Gasteiger partial charge in [0.25, 0.3) is 0 Å². The van der Waals surface area contributed by atoms with E-state index in [-0.39, 0.29) is 0 Å². The third-order valence-corrected chi connectivity index (χ3v) is 2.24. The zero-order valence-electron chi connectivity index (χ0n) is 6.34. The SMILES string of the molecule is CC1CC(CCC(=O)O)C1. The lowest BCUT2D eigenvalue weighted by Crippen LogP contribution is -2.21. The Labute approximate surface area is 61.2 Å². The second-order valence-electron chi connectivity index (χ2n) is 3.38. The Hall–Kier alpha value is -0.530. The van der Waals surface area contributed by atoms with Crippen LogP contribution in [0.25, 0.3) is 0 Å². The van der Waals surface area contributed by atoms with E-state index in [4.69, 9.17) is 5.11 Å². The van der Waals surface area contributed by atoms with Crippen LogP contribution < -0.4 is 0 Å². The molecule has 58 valence electrons. The standard InChI is InChI=1S/C8H14O2/c1-6-4-7(5-6)2-3-8(9)10/h6-7H,2-5H2,1H3,(H,9,10). The van der Waals surface area contributed by atoms with Crippen molar-refractivity contribution in [2.45, 2.75) is 32.6 Å². The van der Waals surface area contributed by atoms with Gasteiger partial charge in [0.05, 0.1) is 0 Å². The van der Waals surface area contributed by atoms with Gasteiger partial charge >= 0.3 is 5.97 Å². The van der Waals surface area contributed by atoms with Gasteiger partial charge in [-0.15, -0.1) is 0 Å². The molecule has 0 unspecified atom stereocenters. The largest absolute Gasteiger partial charge is 0.481 e. The van der Waals surface area contributed by atoms with E-state index < -0.39 is 5.97 Å². The molecule has 0 aromatic rings. The van der Waals surface area contributed by atoms with Gasteiger partial charge in [-0.25, -0.2) is 0 Å². The Bertz CT molecular complexity index is 125. The molecule has 0 aliphatic heterocycles. The highest BCUT2D eigenvalue weighted by Crippen LogP contribution is 2.35. The highest BCUT2D eigenvalue weighted by atomic mass is 16.4. The molecule has 0 aromatic carbocycles. The van der Waals surface area contributed by atoms with Crippen LogP contribution in [0.1, 0.15) is 32.6 Å². The molecule has 10 heavy (non-hydrogen) atoms. The highest BCUT2D eigenvalue weighted by molar-refractivity contribution is 5.66. The molecule has 0 amide bonds. The zero-order chi connectivity index (χ0) is 7.56. The number of carboxylic acid groups (broad SMARTS) is 1. The summed E-state index contributed by atoms with van der Waals surface area (Å²) in [6.07, 6.45) is 3.73. The van der Waals surface area contributed by atoms with E-state index in [1.165, 1.54) is 12.8 Å². The molecular weight excluding hydrogens is 128 g/mol.